The summed E-state index contributed by atoms with van der Waals surface area (Å²) in [5.74, 6) is 0. The van der Waals surface area contributed by atoms with Crippen LogP contribution in [0.4, 0.5) is 0 Å². The number of benzene rings is 2. The maximum Gasteiger partial charge on any atom is 0.0383 e. The van der Waals surface area contributed by atoms with Gasteiger partial charge in [0.1, 0.15) is 0 Å². The minimum absolute atomic E-state index is 0.868. The predicted molar refractivity (Wildman–Crippen MR) is 96.8 cm³/mol. The first-order chi connectivity index (χ1) is 10.6. The molecular weight excluding hydrogens is 266 g/mol. The molecule has 1 heteroatoms. The van der Waals surface area contributed by atoms with Crippen molar-refractivity contribution in [3.05, 3.63) is 84.6 Å². The van der Waals surface area contributed by atoms with E-state index < -0.39 is 0 Å². The smallest absolute Gasteiger partial charge is 0.0383 e. The van der Waals surface area contributed by atoms with E-state index in [4.69, 9.17) is 0 Å². The van der Waals surface area contributed by atoms with Crippen molar-refractivity contribution in [1.82, 2.24) is 4.90 Å². The van der Waals surface area contributed by atoms with E-state index in [2.05, 4.69) is 80.6 Å². The van der Waals surface area contributed by atoms with Gasteiger partial charge in [0.2, 0.25) is 0 Å². The molecule has 0 aliphatic heterocycles. The van der Waals surface area contributed by atoms with Gasteiger partial charge in [-0.25, -0.2) is 0 Å². The third-order valence-electron chi connectivity index (χ3n) is 3.92. The van der Waals surface area contributed by atoms with Gasteiger partial charge in [-0.2, -0.15) is 0 Å². The van der Waals surface area contributed by atoms with Gasteiger partial charge in [0.15, 0.2) is 0 Å². The first-order valence-corrected chi connectivity index (χ1v) is 7.80. The first-order valence-electron chi connectivity index (χ1n) is 7.80. The number of hydrogen-bond acceptors (Lipinski definition) is 1. The van der Waals surface area contributed by atoms with Gasteiger partial charge in [-0.05, 0) is 29.5 Å². The third kappa shape index (κ3) is 4.36. The minimum atomic E-state index is 0.868. The standard InChI is InChI=1S/C21H25N/c1-5-18(3)22(4)16-17(2)15-19-11-13-21(14-12-19)20-9-7-6-8-10-20/h6-14H,2-3,5,15-16H2,1,4H3. The molecule has 0 amide bonds. The highest BCUT2D eigenvalue weighted by molar-refractivity contribution is 5.63. The molecule has 1 nitrogen and oxygen atoms in total. The van der Waals surface area contributed by atoms with Crippen LogP contribution in [0.15, 0.2) is 79.0 Å². The van der Waals surface area contributed by atoms with Crippen molar-refractivity contribution < 1.29 is 0 Å². The second-order valence-electron chi connectivity index (χ2n) is 5.77. The zero-order chi connectivity index (χ0) is 15.9. The Morgan fingerprint density at radius 2 is 1.50 bits per heavy atom. The Labute approximate surface area is 134 Å². The van der Waals surface area contributed by atoms with Crippen molar-refractivity contribution in [2.45, 2.75) is 19.8 Å². The first kappa shape index (κ1) is 16.1. The minimum Gasteiger partial charge on any atom is -0.374 e. The average Bonchev–Trinajstić information content (AvgIpc) is 2.55. The van der Waals surface area contributed by atoms with Gasteiger partial charge in [0, 0.05) is 19.3 Å². The topological polar surface area (TPSA) is 3.24 Å². The van der Waals surface area contributed by atoms with Gasteiger partial charge >= 0.3 is 0 Å². The van der Waals surface area contributed by atoms with E-state index in [1.807, 2.05) is 6.07 Å². The van der Waals surface area contributed by atoms with Crippen LogP contribution in [-0.2, 0) is 6.42 Å². The fraction of sp³-hybridized carbons (Fsp3) is 0.238. The lowest BCUT2D eigenvalue weighted by atomic mass is 10.0. The van der Waals surface area contributed by atoms with Crippen molar-refractivity contribution in [3.63, 3.8) is 0 Å². The molecule has 0 aliphatic carbocycles. The Morgan fingerprint density at radius 3 is 2.09 bits per heavy atom. The molecule has 114 valence electrons. The van der Waals surface area contributed by atoms with Crippen LogP contribution in [0.25, 0.3) is 11.1 Å². The van der Waals surface area contributed by atoms with Gasteiger partial charge in [0.25, 0.3) is 0 Å². The Balaban J connectivity index is 1.97. The summed E-state index contributed by atoms with van der Waals surface area (Å²) in [6.07, 6.45) is 1.89. The summed E-state index contributed by atoms with van der Waals surface area (Å²) in [6.45, 7) is 11.3. The van der Waals surface area contributed by atoms with Gasteiger partial charge in [-0.15, -0.1) is 0 Å². The zero-order valence-corrected chi connectivity index (χ0v) is 13.7. The molecule has 0 saturated carbocycles. The van der Waals surface area contributed by atoms with Gasteiger partial charge in [-0.3, -0.25) is 0 Å². The molecule has 0 aliphatic rings. The number of likely N-dealkylation sites (N-methyl/N-ethyl adjacent to an activating group) is 1. The molecule has 0 N–H and O–H groups in total. The van der Waals surface area contributed by atoms with Crippen molar-refractivity contribution in [3.8, 4) is 11.1 Å². The van der Waals surface area contributed by atoms with Crippen LogP contribution in [0.5, 0.6) is 0 Å². The van der Waals surface area contributed by atoms with Crippen molar-refractivity contribution in [1.29, 1.82) is 0 Å². The van der Waals surface area contributed by atoms with E-state index in [0.717, 1.165) is 25.1 Å². The summed E-state index contributed by atoms with van der Waals surface area (Å²) in [4.78, 5) is 2.18. The van der Waals surface area contributed by atoms with E-state index in [0.29, 0.717) is 0 Å². The van der Waals surface area contributed by atoms with Crippen LogP contribution in [0.2, 0.25) is 0 Å². The number of allylic oxidation sites excluding steroid dienone is 1. The normalized spacial score (nSPS) is 10.3. The van der Waals surface area contributed by atoms with E-state index in [1.54, 1.807) is 0 Å². The Bertz CT molecular complexity index is 623. The SMILES string of the molecule is C=C(Cc1ccc(-c2ccccc2)cc1)CN(C)C(=C)CC. The molecule has 0 unspecified atom stereocenters. The fourth-order valence-electron chi connectivity index (χ4n) is 2.51. The maximum atomic E-state index is 4.20. The van der Waals surface area contributed by atoms with Gasteiger partial charge < -0.3 is 4.90 Å². The van der Waals surface area contributed by atoms with Crippen LogP contribution in [0.1, 0.15) is 18.9 Å². The number of rotatable bonds is 7. The highest BCUT2D eigenvalue weighted by atomic mass is 15.1. The summed E-state index contributed by atoms with van der Waals surface area (Å²) >= 11 is 0. The molecular formula is C21H25N. The van der Waals surface area contributed by atoms with E-state index in [1.165, 1.54) is 22.3 Å². The van der Waals surface area contributed by atoms with Crippen LogP contribution >= 0.6 is 0 Å². The van der Waals surface area contributed by atoms with E-state index >= 15 is 0 Å². The van der Waals surface area contributed by atoms with Crippen LogP contribution in [0, 0.1) is 0 Å². The summed E-state index contributed by atoms with van der Waals surface area (Å²) in [5.41, 5.74) is 6.18. The monoisotopic (exact) mass is 291 g/mol. The molecule has 2 aromatic carbocycles. The second kappa shape index (κ2) is 7.65. The molecule has 2 aromatic rings. The second-order valence-corrected chi connectivity index (χ2v) is 5.77. The molecule has 0 saturated heterocycles. The molecule has 0 spiro atoms. The number of hydrogen-bond donors (Lipinski definition) is 0. The number of nitrogens with zero attached hydrogens (tertiary/aromatic N) is 1. The van der Waals surface area contributed by atoms with E-state index in [9.17, 15) is 0 Å². The van der Waals surface area contributed by atoms with Gasteiger partial charge in [0.05, 0.1) is 0 Å². The quantitative estimate of drug-likeness (QED) is 0.625. The average molecular weight is 291 g/mol. The predicted octanol–water partition coefficient (Wildman–Crippen LogP) is 5.31. The molecule has 2 rings (SSSR count). The molecule has 0 radical (unpaired) electrons. The lowest BCUT2D eigenvalue weighted by molar-refractivity contribution is 0.438. The summed E-state index contributed by atoms with van der Waals surface area (Å²) < 4.78 is 0. The maximum absolute atomic E-state index is 4.20. The molecule has 0 aromatic heterocycles. The third-order valence-corrected chi connectivity index (χ3v) is 3.92. The molecule has 0 bridgehead atoms. The molecule has 0 atom stereocenters. The van der Waals surface area contributed by atoms with Crippen LogP contribution < -0.4 is 0 Å². The molecule has 0 heterocycles. The molecule has 0 fully saturated rings. The lowest BCUT2D eigenvalue weighted by Crippen LogP contribution is -2.20. The summed E-state index contributed by atoms with van der Waals surface area (Å²) in [7, 11) is 2.08. The van der Waals surface area contributed by atoms with E-state index in [-0.39, 0.29) is 0 Å². The summed E-state index contributed by atoms with van der Waals surface area (Å²) in [6, 6.07) is 19.2. The Hall–Kier alpha value is -2.28. The lowest BCUT2D eigenvalue weighted by Gasteiger charge is -2.22. The van der Waals surface area contributed by atoms with Crippen molar-refractivity contribution in [2.75, 3.05) is 13.6 Å². The van der Waals surface area contributed by atoms with Crippen LogP contribution in [-0.4, -0.2) is 18.5 Å². The highest BCUT2D eigenvalue weighted by Crippen LogP contribution is 2.20. The summed E-state index contributed by atoms with van der Waals surface area (Å²) in [5, 5.41) is 0. The largest absolute Gasteiger partial charge is 0.374 e. The highest BCUT2D eigenvalue weighted by Gasteiger charge is 2.04. The zero-order valence-electron chi connectivity index (χ0n) is 13.7. The van der Waals surface area contributed by atoms with Gasteiger partial charge in [-0.1, -0.05) is 80.3 Å². The van der Waals surface area contributed by atoms with Crippen molar-refractivity contribution in [2.24, 2.45) is 0 Å². The Morgan fingerprint density at radius 1 is 0.909 bits per heavy atom. The fourth-order valence-corrected chi connectivity index (χ4v) is 2.51. The van der Waals surface area contributed by atoms with Crippen molar-refractivity contribution >= 4 is 0 Å². The van der Waals surface area contributed by atoms with Crippen LogP contribution in [0.3, 0.4) is 0 Å². The Kier molecular flexibility index (Phi) is 5.60. The molecule has 22 heavy (non-hydrogen) atoms.